The van der Waals surface area contributed by atoms with Crippen LogP contribution in [0, 0.1) is 6.92 Å². The monoisotopic (exact) mass is 382 g/mol. The number of carbonyl (C=O) groups is 2. The van der Waals surface area contributed by atoms with E-state index in [1.807, 2.05) is 45.9 Å². The maximum atomic E-state index is 12.6. The van der Waals surface area contributed by atoms with E-state index in [1.165, 1.54) is 4.90 Å². The summed E-state index contributed by atoms with van der Waals surface area (Å²) in [7, 11) is 0. The van der Waals surface area contributed by atoms with Gasteiger partial charge in [0.05, 0.1) is 5.69 Å². The van der Waals surface area contributed by atoms with Gasteiger partial charge in [-0.3, -0.25) is 9.69 Å². The zero-order chi connectivity index (χ0) is 17.2. The van der Waals surface area contributed by atoms with Crippen LogP contribution in [-0.4, -0.2) is 35.1 Å². The van der Waals surface area contributed by atoms with Crippen molar-refractivity contribution in [2.75, 3.05) is 11.9 Å². The molecule has 1 atom stereocenters. The van der Waals surface area contributed by atoms with E-state index in [-0.39, 0.29) is 5.91 Å². The largest absolute Gasteiger partial charge is 0.444 e. The predicted octanol–water partition coefficient (Wildman–Crippen LogP) is 4.10. The molecular formula is C17H23BrN2O3. The van der Waals surface area contributed by atoms with Crippen molar-refractivity contribution in [2.45, 2.75) is 52.2 Å². The molecule has 0 spiro atoms. The van der Waals surface area contributed by atoms with E-state index in [0.29, 0.717) is 18.7 Å². The molecule has 1 aliphatic rings. The summed E-state index contributed by atoms with van der Waals surface area (Å²) in [6.45, 7) is 7.98. The maximum absolute atomic E-state index is 12.6. The molecule has 1 aliphatic heterocycles. The fourth-order valence-electron chi connectivity index (χ4n) is 2.52. The Morgan fingerprint density at radius 2 is 2.04 bits per heavy atom. The number of benzene rings is 1. The second-order valence-corrected chi connectivity index (χ2v) is 7.66. The number of carbonyl (C=O) groups excluding carboxylic acids is 2. The summed E-state index contributed by atoms with van der Waals surface area (Å²) in [5, 5.41) is 2.89. The highest BCUT2D eigenvalue weighted by molar-refractivity contribution is 9.10. The van der Waals surface area contributed by atoms with E-state index in [4.69, 9.17) is 4.74 Å². The molecule has 1 aromatic carbocycles. The van der Waals surface area contributed by atoms with Gasteiger partial charge in [0.1, 0.15) is 11.6 Å². The maximum Gasteiger partial charge on any atom is 0.410 e. The number of rotatable bonds is 2. The van der Waals surface area contributed by atoms with Crippen molar-refractivity contribution in [3.63, 3.8) is 0 Å². The van der Waals surface area contributed by atoms with Crippen molar-refractivity contribution in [1.29, 1.82) is 0 Å². The van der Waals surface area contributed by atoms with Gasteiger partial charge in [0.25, 0.3) is 0 Å². The fraction of sp³-hybridized carbons (Fsp3) is 0.529. The third kappa shape index (κ3) is 4.70. The fourth-order valence-corrected chi connectivity index (χ4v) is 3.11. The molecule has 1 heterocycles. The first kappa shape index (κ1) is 17.8. The third-order valence-electron chi connectivity index (χ3n) is 3.57. The van der Waals surface area contributed by atoms with Gasteiger partial charge in [0.15, 0.2) is 0 Å². The van der Waals surface area contributed by atoms with Gasteiger partial charge in [0, 0.05) is 11.0 Å². The number of halogens is 1. The summed E-state index contributed by atoms with van der Waals surface area (Å²) < 4.78 is 6.22. The molecule has 1 saturated heterocycles. The second kappa shape index (κ2) is 6.91. The lowest BCUT2D eigenvalue weighted by atomic mass is 10.2. The number of nitrogens with one attached hydrogen (secondary N) is 1. The molecule has 1 fully saturated rings. The Labute approximate surface area is 145 Å². The van der Waals surface area contributed by atoms with Gasteiger partial charge < -0.3 is 10.1 Å². The quantitative estimate of drug-likeness (QED) is 0.837. The molecule has 2 rings (SSSR count). The lowest BCUT2D eigenvalue weighted by Gasteiger charge is -2.28. The minimum atomic E-state index is -0.569. The van der Waals surface area contributed by atoms with Crippen LogP contribution in [0.3, 0.4) is 0 Å². The Kier molecular flexibility index (Phi) is 5.34. The summed E-state index contributed by atoms with van der Waals surface area (Å²) in [4.78, 5) is 26.3. The van der Waals surface area contributed by atoms with Crippen molar-refractivity contribution in [2.24, 2.45) is 0 Å². The molecule has 23 heavy (non-hydrogen) atoms. The number of likely N-dealkylation sites (tertiary alicyclic amines) is 1. The standard InChI is InChI=1S/C17H23BrN2O3/c1-11-7-8-13(12(18)10-11)19-15(21)14-6-5-9-20(14)16(22)23-17(2,3)4/h7-8,10,14H,5-6,9H2,1-4H3,(H,19,21)/t14-/m0/s1. The number of amides is 2. The normalized spacial score (nSPS) is 18.0. The minimum absolute atomic E-state index is 0.182. The van der Waals surface area contributed by atoms with Crippen LogP contribution < -0.4 is 5.32 Å². The highest BCUT2D eigenvalue weighted by Gasteiger charge is 2.36. The molecule has 0 unspecified atom stereocenters. The molecular weight excluding hydrogens is 360 g/mol. The summed E-state index contributed by atoms with van der Waals surface area (Å²) in [6, 6.07) is 5.23. The number of hydrogen-bond donors (Lipinski definition) is 1. The first-order valence-corrected chi connectivity index (χ1v) is 8.53. The Morgan fingerprint density at radius 1 is 1.35 bits per heavy atom. The van der Waals surface area contributed by atoms with E-state index < -0.39 is 17.7 Å². The Morgan fingerprint density at radius 3 is 2.65 bits per heavy atom. The van der Waals surface area contributed by atoms with Crippen molar-refractivity contribution in [1.82, 2.24) is 4.90 Å². The van der Waals surface area contributed by atoms with Crippen LogP contribution in [0.25, 0.3) is 0 Å². The van der Waals surface area contributed by atoms with Crippen molar-refractivity contribution in [3.05, 3.63) is 28.2 Å². The number of nitrogens with zero attached hydrogens (tertiary/aromatic N) is 1. The highest BCUT2D eigenvalue weighted by atomic mass is 79.9. The summed E-state index contributed by atoms with van der Waals surface area (Å²) in [5.41, 5.74) is 1.24. The lowest BCUT2D eigenvalue weighted by Crippen LogP contribution is -2.45. The highest BCUT2D eigenvalue weighted by Crippen LogP contribution is 2.26. The van der Waals surface area contributed by atoms with Gasteiger partial charge in [-0.15, -0.1) is 0 Å². The van der Waals surface area contributed by atoms with Crippen molar-refractivity contribution in [3.8, 4) is 0 Å². The molecule has 6 heteroatoms. The first-order valence-electron chi connectivity index (χ1n) is 7.74. The molecule has 5 nitrogen and oxygen atoms in total. The topological polar surface area (TPSA) is 58.6 Å². The van der Waals surface area contributed by atoms with E-state index in [0.717, 1.165) is 16.5 Å². The third-order valence-corrected chi connectivity index (χ3v) is 4.22. The average Bonchev–Trinajstić information content (AvgIpc) is 2.89. The van der Waals surface area contributed by atoms with Crippen LogP contribution in [-0.2, 0) is 9.53 Å². The summed E-state index contributed by atoms with van der Waals surface area (Å²) in [6.07, 6.45) is 1.01. The summed E-state index contributed by atoms with van der Waals surface area (Å²) >= 11 is 3.45. The van der Waals surface area contributed by atoms with E-state index in [2.05, 4.69) is 21.2 Å². The van der Waals surface area contributed by atoms with Crippen LogP contribution in [0.5, 0.6) is 0 Å². The first-order chi connectivity index (χ1) is 10.7. The Balaban J connectivity index is 2.07. The molecule has 1 aromatic rings. The van der Waals surface area contributed by atoms with Gasteiger partial charge in [-0.25, -0.2) is 4.79 Å². The zero-order valence-corrected chi connectivity index (χ0v) is 15.6. The van der Waals surface area contributed by atoms with E-state index in [1.54, 1.807) is 0 Å². The molecule has 0 aliphatic carbocycles. The SMILES string of the molecule is Cc1ccc(NC(=O)[C@@H]2CCCN2C(=O)OC(C)(C)C)c(Br)c1. The van der Waals surface area contributed by atoms with Gasteiger partial charge in [-0.1, -0.05) is 6.07 Å². The smallest absolute Gasteiger partial charge is 0.410 e. The van der Waals surface area contributed by atoms with Crippen LogP contribution in [0.2, 0.25) is 0 Å². The second-order valence-electron chi connectivity index (χ2n) is 6.80. The van der Waals surface area contributed by atoms with E-state index in [9.17, 15) is 9.59 Å². The lowest BCUT2D eigenvalue weighted by molar-refractivity contribution is -0.120. The van der Waals surface area contributed by atoms with Crippen molar-refractivity contribution < 1.29 is 14.3 Å². The predicted molar refractivity (Wildman–Crippen MR) is 93.5 cm³/mol. The molecule has 0 aromatic heterocycles. The van der Waals surface area contributed by atoms with Crippen LogP contribution >= 0.6 is 15.9 Å². The van der Waals surface area contributed by atoms with Crippen LogP contribution in [0.1, 0.15) is 39.2 Å². The molecule has 0 bridgehead atoms. The molecule has 0 radical (unpaired) electrons. The van der Waals surface area contributed by atoms with Crippen LogP contribution in [0.15, 0.2) is 22.7 Å². The molecule has 2 amide bonds. The Bertz CT molecular complexity index is 610. The minimum Gasteiger partial charge on any atom is -0.444 e. The van der Waals surface area contributed by atoms with Gasteiger partial charge >= 0.3 is 6.09 Å². The van der Waals surface area contributed by atoms with E-state index >= 15 is 0 Å². The Hall–Kier alpha value is -1.56. The number of hydrogen-bond acceptors (Lipinski definition) is 3. The number of anilines is 1. The summed E-state index contributed by atoms with van der Waals surface area (Å²) in [5.74, 6) is -0.182. The van der Waals surface area contributed by atoms with Gasteiger partial charge in [-0.05, 0) is 74.2 Å². The number of ether oxygens (including phenoxy) is 1. The average molecular weight is 383 g/mol. The van der Waals surface area contributed by atoms with Gasteiger partial charge in [0.2, 0.25) is 5.91 Å². The number of aryl methyl sites for hydroxylation is 1. The molecule has 1 N–H and O–H groups in total. The van der Waals surface area contributed by atoms with Crippen molar-refractivity contribution >= 4 is 33.6 Å². The molecule has 126 valence electrons. The van der Waals surface area contributed by atoms with Gasteiger partial charge in [-0.2, -0.15) is 0 Å². The van der Waals surface area contributed by atoms with Crippen LogP contribution in [0.4, 0.5) is 10.5 Å². The zero-order valence-electron chi connectivity index (χ0n) is 14.0. The molecule has 0 saturated carbocycles.